The number of hydrogen-bond donors (Lipinski definition) is 5. The number of tetrazole rings is 1. The van der Waals surface area contributed by atoms with Crippen molar-refractivity contribution >= 4 is 35.6 Å². The average molecular weight is 515 g/mol. The monoisotopic (exact) mass is 514 g/mol. The van der Waals surface area contributed by atoms with Gasteiger partial charge in [-0.3, -0.25) is 0 Å². The van der Waals surface area contributed by atoms with Crippen LogP contribution in [-0.4, -0.2) is 64.2 Å². The third-order valence-corrected chi connectivity index (χ3v) is 9.38. The molecule has 0 aliphatic carbocycles. The van der Waals surface area contributed by atoms with Crippen LogP contribution in [0.1, 0.15) is 0 Å². The van der Waals surface area contributed by atoms with E-state index in [1.165, 1.54) is 24.3 Å². The van der Waals surface area contributed by atoms with Crippen molar-refractivity contribution in [3.63, 3.8) is 0 Å². The van der Waals surface area contributed by atoms with Crippen molar-refractivity contribution in [2.75, 3.05) is 18.8 Å². The van der Waals surface area contributed by atoms with Gasteiger partial charge in [0.2, 0.25) is 25.9 Å². The van der Waals surface area contributed by atoms with Crippen molar-refractivity contribution in [1.82, 2.24) is 25.9 Å². The van der Waals surface area contributed by atoms with Crippen molar-refractivity contribution in [1.29, 1.82) is 0 Å². The molecular formula is C16H18N8O6S3. The molecule has 1 aliphatic rings. The van der Waals surface area contributed by atoms with Crippen molar-refractivity contribution in [2.24, 2.45) is 10.3 Å². The molecule has 0 amide bonds. The Balaban J connectivity index is 2.14. The Morgan fingerprint density at radius 1 is 0.879 bits per heavy atom. The lowest BCUT2D eigenvalue weighted by atomic mass is 9.97. The first kappa shape index (κ1) is 23.2. The summed E-state index contributed by atoms with van der Waals surface area (Å²) in [6, 6.07) is 6.27. The fourth-order valence-corrected chi connectivity index (χ4v) is 7.34. The molecule has 2 heterocycles. The Kier molecular flexibility index (Phi) is 5.50. The zero-order valence-corrected chi connectivity index (χ0v) is 19.1. The normalized spacial score (nSPS) is 15.3. The Bertz CT molecular complexity index is 1560. The zero-order valence-electron chi connectivity index (χ0n) is 16.6. The molecule has 1 saturated heterocycles. The summed E-state index contributed by atoms with van der Waals surface area (Å²) in [6.07, 6.45) is 0. The maximum absolute atomic E-state index is 13.2. The zero-order chi connectivity index (χ0) is 24.2. The van der Waals surface area contributed by atoms with Crippen molar-refractivity contribution < 1.29 is 25.3 Å². The number of sulfone groups is 1. The highest BCUT2D eigenvalue weighted by atomic mass is 32.2. The fraction of sp³-hybridized carbons (Fsp3) is 0.188. The molecule has 0 saturated carbocycles. The van der Waals surface area contributed by atoms with Gasteiger partial charge in [0.05, 0.1) is 21.4 Å². The summed E-state index contributed by atoms with van der Waals surface area (Å²) in [5.74, 6) is -0.293. The summed E-state index contributed by atoms with van der Waals surface area (Å²) in [7, 11) is -13.0. The Morgan fingerprint density at radius 2 is 1.58 bits per heavy atom. The van der Waals surface area contributed by atoms with E-state index in [1.54, 1.807) is 0 Å². The highest BCUT2D eigenvalue weighted by molar-refractivity contribution is 7.94. The number of nitrogens with two attached hydrogens (primary N) is 3. The fourth-order valence-electron chi connectivity index (χ4n) is 3.47. The molecule has 17 heteroatoms. The minimum Gasteiger partial charge on any atom is -0.397 e. The van der Waals surface area contributed by atoms with Gasteiger partial charge in [0.15, 0.2) is 9.84 Å². The summed E-state index contributed by atoms with van der Waals surface area (Å²) < 4.78 is 75.6. The van der Waals surface area contributed by atoms with E-state index in [0.717, 1.165) is 6.07 Å². The lowest BCUT2D eigenvalue weighted by Crippen LogP contribution is -2.51. The van der Waals surface area contributed by atoms with E-state index in [1.807, 2.05) is 0 Å². The third-order valence-electron chi connectivity index (χ3n) is 5.13. The topological polar surface area (TPSA) is 247 Å². The van der Waals surface area contributed by atoms with E-state index in [0.29, 0.717) is 0 Å². The van der Waals surface area contributed by atoms with Gasteiger partial charge in [0.1, 0.15) is 9.79 Å². The summed E-state index contributed by atoms with van der Waals surface area (Å²) in [5.41, 5.74) is 5.51. The number of rotatable bonds is 6. The Hall–Kier alpha value is -2.96. The molecule has 0 radical (unpaired) electrons. The molecule has 0 spiro atoms. The molecule has 176 valence electrons. The van der Waals surface area contributed by atoms with E-state index in [4.69, 9.17) is 16.0 Å². The summed E-state index contributed by atoms with van der Waals surface area (Å²) in [6.45, 7) is 0.268. The number of nitrogens with zero attached hydrogens (tertiary/aromatic N) is 3. The third kappa shape index (κ3) is 3.98. The number of nitrogen functional groups attached to an aromatic ring is 1. The van der Waals surface area contributed by atoms with Crippen LogP contribution >= 0.6 is 0 Å². The number of aromatic nitrogens is 4. The van der Waals surface area contributed by atoms with Gasteiger partial charge in [0, 0.05) is 18.7 Å². The number of para-hydroxylation sites is 1. The molecule has 1 aliphatic heterocycles. The van der Waals surface area contributed by atoms with Gasteiger partial charge < -0.3 is 11.1 Å². The highest BCUT2D eigenvalue weighted by Crippen LogP contribution is 2.42. The van der Waals surface area contributed by atoms with Gasteiger partial charge in [-0.25, -0.2) is 35.5 Å². The van der Waals surface area contributed by atoms with E-state index >= 15 is 0 Å². The van der Waals surface area contributed by atoms with Crippen LogP contribution in [-0.2, 0) is 29.9 Å². The van der Waals surface area contributed by atoms with Gasteiger partial charge >= 0.3 is 0 Å². The largest absolute Gasteiger partial charge is 0.397 e. The second kappa shape index (κ2) is 7.82. The SMILES string of the molecule is Nc1c(-c2ccc(S(=O)(=O)C3CNC3)c(S(N)(=O)=O)c2-c2nn[nH]n2)cccc1S(N)(=O)=O. The maximum Gasteiger partial charge on any atom is 0.240 e. The minimum atomic E-state index is -4.68. The molecule has 0 atom stereocenters. The molecule has 8 N–H and O–H groups in total. The highest BCUT2D eigenvalue weighted by Gasteiger charge is 2.39. The summed E-state index contributed by atoms with van der Waals surface area (Å²) in [5, 5.41) is 25.8. The lowest BCUT2D eigenvalue weighted by molar-refractivity contribution is 0.493. The van der Waals surface area contributed by atoms with Crippen LogP contribution in [0.5, 0.6) is 0 Å². The van der Waals surface area contributed by atoms with Gasteiger partial charge in [-0.05, 0) is 22.9 Å². The number of benzene rings is 2. The molecule has 1 aromatic heterocycles. The standard InChI is InChI=1S/C16H18N8O6S3/c17-14-10(2-1-3-11(14)32(18,27)28)9-4-5-12(31(25,26)8-6-20-7-8)15(33(19,29)30)13(9)16-21-23-24-22-16/h1-5,8,20H,6-7,17H2,(H2,18,27,28)(H2,19,29,30)(H,21,22,23,24). The van der Waals surface area contributed by atoms with Gasteiger partial charge in [-0.2, -0.15) is 5.21 Å². The van der Waals surface area contributed by atoms with Gasteiger partial charge in [-0.15, -0.1) is 10.2 Å². The molecule has 2 aromatic carbocycles. The van der Waals surface area contributed by atoms with Crippen LogP contribution < -0.4 is 21.3 Å². The average Bonchev–Trinajstić information content (AvgIpc) is 3.18. The molecule has 3 aromatic rings. The smallest absolute Gasteiger partial charge is 0.240 e. The van der Waals surface area contributed by atoms with Crippen molar-refractivity contribution in [2.45, 2.75) is 19.9 Å². The van der Waals surface area contributed by atoms with Crippen LogP contribution in [0, 0.1) is 0 Å². The first-order chi connectivity index (χ1) is 15.3. The number of nitrogens with one attached hydrogen (secondary N) is 2. The van der Waals surface area contributed by atoms with E-state index in [-0.39, 0.29) is 41.3 Å². The van der Waals surface area contributed by atoms with Crippen LogP contribution in [0.2, 0.25) is 0 Å². The molecule has 0 unspecified atom stereocenters. The van der Waals surface area contributed by atoms with E-state index in [2.05, 4.69) is 25.9 Å². The maximum atomic E-state index is 13.2. The van der Waals surface area contributed by atoms with Crippen molar-refractivity contribution in [3.05, 3.63) is 30.3 Å². The first-order valence-electron chi connectivity index (χ1n) is 9.13. The Morgan fingerprint density at radius 3 is 2.09 bits per heavy atom. The van der Waals surface area contributed by atoms with Gasteiger partial charge in [0.25, 0.3) is 0 Å². The summed E-state index contributed by atoms with van der Waals surface area (Å²) >= 11 is 0. The van der Waals surface area contributed by atoms with E-state index < -0.39 is 49.8 Å². The number of anilines is 1. The molecule has 1 fully saturated rings. The van der Waals surface area contributed by atoms with E-state index in [9.17, 15) is 25.3 Å². The first-order valence-corrected chi connectivity index (χ1v) is 13.8. The number of primary sulfonamides is 2. The molecule has 14 nitrogen and oxygen atoms in total. The Labute approximate surface area is 188 Å². The predicted molar refractivity (Wildman–Crippen MR) is 116 cm³/mol. The minimum absolute atomic E-state index is 0.00843. The van der Waals surface area contributed by atoms with Crippen LogP contribution in [0.3, 0.4) is 0 Å². The predicted octanol–water partition coefficient (Wildman–Crippen LogP) is -1.84. The summed E-state index contributed by atoms with van der Waals surface area (Å²) in [4.78, 5) is -1.71. The molecule has 33 heavy (non-hydrogen) atoms. The quantitative estimate of drug-likeness (QED) is 0.228. The number of H-pyrrole nitrogens is 1. The number of sulfonamides is 2. The van der Waals surface area contributed by atoms with Crippen LogP contribution in [0.15, 0.2) is 45.0 Å². The number of aromatic amines is 1. The van der Waals surface area contributed by atoms with Gasteiger partial charge in [-0.1, -0.05) is 18.2 Å². The van der Waals surface area contributed by atoms with Crippen LogP contribution in [0.25, 0.3) is 22.5 Å². The molecule has 0 bridgehead atoms. The molecule has 4 rings (SSSR count). The van der Waals surface area contributed by atoms with Crippen molar-refractivity contribution in [3.8, 4) is 22.5 Å². The molecular weight excluding hydrogens is 496 g/mol. The second-order valence-electron chi connectivity index (χ2n) is 7.18. The van der Waals surface area contributed by atoms with Crippen LogP contribution in [0.4, 0.5) is 5.69 Å². The number of hydrogen-bond acceptors (Lipinski definition) is 11. The lowest BCUT2D eigenvalue weighted by Gasteiger charge is -2.28. The second-order valence-corrected chi connectivity index (χ2v) is 12.4.